The SMILES string of the molecule is O=S(=O)(NC(CN1CCNCC1)c1ccc(F)cc1)c1ccc(OC(F)(F)F)cc1. The van der Waals surface area contributed by atoms with Gasteiger partial charge in [-0.1, -0.05) is 12.1 Å². The molecule has 0 bridgehead atoms. The number of hydrogen-bond acceptors (Lipinski definition) is 5. The van der Waals surface area contributed by atoms with E-state index >= 15 is 0 Å². The Balaban J connectivity index is 1.80. The summed E-state index contributed by atoms with van der Waals surface area (Å²) in [6.07, 6.45) is -4.87. The Kier molecular flexibility index (Phi) is 6.96. The molecule has 1 saturated heterocycles. The van der Waals surface area contributed by atoms with Crippen LogP contribution >= 0.6 is 0 Å². The second-order valence-corrected chi connectivity index (χ2v) is 8.51. The van der Waals surface area contributed by atoms with Crippen LogP contribution in [-0.2, 0) is 10.0 Å². The number of piperazine rings is 1. The smallest absolute Gasteiger partial charge is 0.406 e. The van der Waals surface area contributed by atoms with Crippen molar-refractivity contribution in [2.24, 2.45) is 0 Å². The highest BCUT2D eigenvalue weighted by atomic mass is 32.2. The minimum absolute atomic E-state index is 0.204. The van der Waals surface area contributed by atoms with Crippen molar-refractivity contribution in [1.82, 2.24) is 14.9 Å². The maximum absolute atomic E-state index is 13.3. The third kappa shape index (κ3) is 6.39. The molecule has 1 atom stereocenters. The van der Waals surface area contributed by atoms with E-state index in [1.165, 1.54) is 24.3 Å². The number of hydrogen-bond donors (Lipinski definition) is 2. The summed E-state index contributed by atoms with van der Waals surface area (Å²) >= 11 is 0. The van der Waals surface area contributed by atoms with Crippen LogP contribution in [0.5, 0.6) is 5.75 Å². The average Bonchev–Trinajstić information content (AvgIpc) is 2.68. The first-order chi connectivity index (χ1) is 14.1. The number of rotatable bonds is 7. The molecule has 1 aliphatic rings. The topological polar surface area (TPSA) is 70.7 Å². The first kappa shape index (κ1) is 22.5. The van der Waals surface area contributed by atoms with Crippen molar-refractivity contribution < 1.29 is 30.7 Å². The van der Waals surface area contributed by atoms with Gasteiger partial charge in [0.05, 0.1) is 10.9 Å². The van der Waals surface area contributed by atoms with Crippen LogP contribution in [0.4, 0.5) is 17.6 Å². The van der Waals surface area contributed by atoms with Crippen LogP contribution in [0.25, 0.3) is 0 Å². The van der Waals surface area contributed by atoms with E-state index in [0.29, 0.717) is 12.1 Å². The third-order valence-electron chi connectivity index (χ3n) is 4.59. The largest absolute Gasteiger partial charge is 0.573 e. The van der Waals surface area contributed by atoms with Crippen molar-refractivity contribution in [2.75, 3.05) is 32.7 Å². The molecule has 11 heteroatoms. The molecule has 0 radical (unpaired) electrons. The van der Waals surface area contributed by atoms with Crippen molar-refractivity contribution in [3.63, 3.8) is 0 Å². The molecule has 2 N–H and O–H groups in total. The van der Waals surface area contributed by atoms with Crippen molar-refractivity contribution in [2.45, 2.75) is 17.3 Å². The summed E-state index contributed by atoms with van der Waals surface area (Å²) in [4.78, 5) is 1.87. The molecule has 3 rings (SSSR count). The van der Waals surface area contributed by atoms with E-state index in [9.17, 15) is 26.0 Å². The predicted octanol–water partition coefficient (Wildman–Crippen LogP) is 2.65. The molecule has 30 heavy (non-hydrogen) atoms. The predicted molar refractivity (Wildman–Crippen MR) is 102 cm³/mol. The lowest BCUT2D eigenvalue weighted by molar-refractivity contribution is -0.274. The van der Waals surface area contributed by atoms with E-state index < -0.39 is 34.0 Å². The Labute approximate surface area is 171 Å². The number of nitrogens with zero attached hydrogens (tertiary/aromatic N) is 1. The Bertz CT molecular complexity index is 929. The molecule has 0 aliphatic carbocycles. The van der Waals surface area contributed by atoms with E-state index in [0.717, 1.165) is 50.4 Å². The van der Waals surface area contributed by atoms with Gasteiger partial charge >= 0.3 is 6.36 Å². The summed E-state index contributed by atoms with van der Waals surface area (Å²) in [7, 11) is -4.05. The minimum atomic E-state index is -4.87. The zero-order chi connectivity index (χ0) is 21.8. The maximum atomic E-state index is 13.3. The normalized spacial score (nSPS) is 16.9. The van der Waals surface area contributed by atoms with Crippen LogP contribution in [-0.4, -0.2) is 52.4 Å². The Morgan fingerprint density at radius 3 is 2.20 bits per heavy atom. The molecular formula is C19H21F4N3O3S. The fourth-order valence-corrected chi connectivity index (χ4v) is 4.35. The van der Waals surface area contributed by atoms with Gasteiger partial charge in [-0.15, -0.1) is 13.2 Å². The molecule has 0 saturated carbocycles. The van der Waals surface area contributed by atoms with Crippen LogP contribution < -0.4 is 14.8 Å². The second kappa shape index (κ2) is 9.29. The van der Waals surface area contributed by atoms with E-state index in [1.807, 2.05) is 0 Å². The van der Waals surface area contributed by atoms with Gasteiger partial charge in [-0.2, -0.15) is 0 Å². The van der Waals surface area contributed by atoms with Gasteiger partial charge in [0.15, 0.2) is 0 Å². The highest BCUT2D eigenvalue weighted by molar-refractivity contribution is 7.89. The first-order valence-electron chi connectivity index (χ1n) is 9.19. The lowest BCUT2D eigenvalue weighted by Crippen LogP contribution is -2.47. The van der Waals surface area contributed by atoms with E-state index in [2.05, 4.69) is 19.7 Å². The van der Waals surface area contributed by atoms with Crippen molar-refractivity contribution >= 4 is 10.0 Å². The van der Waals surface area contributed by atoms with Crippen LogP contribution in [0.3, 0.4) is 0 Å². The summed E-state index contributed by atoms with van der Waals surface area (Å²) in [5.74, 6) is -0.958. The summed E-state index contributed by atoms with van der Waals surface area (Å²) in [5, 5.41) is 3.21. The molecule has 6 nitrogen and oxygen atoms in total. The van der Waals surface area contributed by atoms with Gasteiger partial charge in [0.2, 0.25) is 10.0 Å². The maximum Gasteiger partial charge on any atom is 0.573 e. The summed E-state index contributed by atoms with van der Waals surface area (Å²) in [6.45, 7) is 3.35. The summed E-state index contributed by atoms with van der Waals surface area (Å²) in [6, 6.07) is 8.79. The fraction of sp³-hybridized carbons (Fsp3) is 0.368. The Morgan fingerprint density at radius 1 is 1.03 bits per heavy atom. The van der Waals surface area contributed by atoms with Gasteiger partial charge in [0.1, 0.15) is 11.6 Å². The molecule has 1 heterocycles. The first-order valence-corrected chi connectivity index (χ1v) is 10.7. The van der Waals surface area contributed by atoms with Crippen LogP contribution in [0, 0.1) is 5.82 Å². The highest BCUT2D eigenvalue weighted by Crippen LogP contribution is 2.25. The van der Waals surface area contributed by atoms with Crippen molar-refractivity contribution in [3.05, 3.63) is 59.9 Å². The van der Waals surface area contributed by atoms with Crippen LogP contribution in [0.15, 0.2) is 53.4 Å². The van der Waals surface area contributed by atoms with Crippen LogP contribution in [0.1, 0.15) is 11.6 Å². The molecule has 1 unspecified atom stereocenters. The second-order valence-electron chi connectivity index (χ2n) is 6.80. The monoisotopic (exact) mass is 447 g/mol. The molecule has 164 valence electrons. The number of halogens is 4. The van der Waals surface area contributed by atoms with Gasteiger partial charge in [-0.3, -0.25) is 4.90 Å². The van der Waals surface area contributed by atoms with Gasteiger partial charge in [-0.05, 0) is 42.0 Å². The summed E-state index contributed by atoms with van der Waals surface area (Å²) in [5.41, 5.74) is 0.579. The molecule has 2 aromatic carbocycles. The average molecular weight is 447 g/mol. The third-order valence-corrected chi connectivity index (χ3v) is 6.08. The molecular weight excluding hydrogens is 426 g/mol. The molecule has 1 aliphatic heterocycles. The van der Waals surface area contributed by atoms with Gasteiger partial charge < -0.3 is 10.1 Å². The Morgan fingerprint density at radius 2 is 1.63 bits per heavy atom. The van der Waals surface area contributed by atoms with E-state index in [4.69, 9.17) is 0 Å². The number of alkyl halides is 3. The fourth-order valence-electron chi connectivity index (χ4n) is 3.13. The van der Waals surface area contributed by atoms with Gasteiger partial charge in [0.25, 0.3) is 0 Å². The lowest BCUT2D eigenvalue weighted by atomic mass is 10.1. The minimum Gasteiger partial charge on any atom is -0.406 e. The number of benzene rings is 2. The molecule has 0 aromatic heterocycles. The number of ether oxygens (including phenoxy) is 1. The lowest BCUT2D eigenvalue weighted by Gasteiger charge is -2.31. The highest BCUT2D eigenvalue weighted by Gasteiger charge is 2.31. The molecule has 0 amide bonds. The summed E-state index contributed by atoms with van der Waals surface area (Å²) < 4.78 is 82.2. The van der Waals surface area contributed by atoms with Crippen molar-refractivity contribution in [3.8, 4) is 5.75 Å². The quantitative estimate of drug-likeness (QED) is 0.639. The standard InChI is InChI=1S/C19H21F4N3O3S/c20-15-3-1-14(2-4-15)18(13-26-11-9-24-10-12-26)25-30(27,28)17-7-5-16(6-8-17)29-19(21,22)23/h1-8,18,24-25H,9-13H2. The van der Waals surface area contributed by atoms with E-state index in [-0.39, 0.29) is 4.90 Å². The van der Waals surface area contributed by atoms with Gasteiger partial charge in [-0.25, -0.2) is 17.5 Å². The van der Waals surface area contributed by atoms with Crippen LogP contribution in [0.2, 0.25) is 0 Å². The molecule has 0 spiro atoms. The van der Waals surface area contributed by atoms with Crippen molar-refractivity contribution in [1.29, 1.82) is 0 Å². The van der Waals surface area contributed by atoms with E-state index in [1.54, 1.807) is 0 Å². The number of nitrogens with one attached hydrogen (secondary N) is 2. The zero-order valence-corrected chi connectivity index (χ0v) is 16.6. The molecule has 2 aromatic rings. The zero-order valence-electron chi connectivity index (χ0n) is 15.8. The Hall–Kier alpha value is -2.21. The molecule has 1 fully saturated rings. The number of sulfonamides is 1. The van der Waals surface area contributed by atoms with Gasteiger partial charge in [0, 0.05) is 32.7 Å².